The number of rotatable bonds is 3. The number of nitrogens with zero attached hydrogens (tertiary/aromatic N) is 1. The van der Waals surface area contributed by atoms with Crippen molar-refractivity contribution < 1.29 is 0 Å². The third kappa shape index (κ3) is 3.07. The number of anilines is 1. The van der Waals surface area contributed by atoms with Gasteiger partial charge in [0.1, 0.15) is 0 Å². The van der Waals surface area contributed by atoms with E-state index < -0.39 is 0 Å². The summed E-state index contributed by atoms with van der Waals surface area (Å²) < 4.78 is 1.13. The first kappa shape index (κ1) is 12.1. The topological polar surface area (TPSA) is 24.9 Å². The molecular weight excluding hydrogens is 276 g/mol. The molecule has 0 atom stereocenters. The summed E-state index contributed by atoms with van der Waals surface area (Å²) in [6.45, 7) is 4.91. The van der Waals surface area contributed by atoms with Crippen LogP contribution in [0.1, 0.15) is 16.8 Å². The number of hydrogen-bond donors (Lipinski definition) is 1. The number of halogens is 1. The zero-order valence-electron chi connectivity index (χ0n) is 10.00. The molecular formula is C14H15BrN2. The van der Waals surface area contributed by atoms with E-state index in [0.29, 0.717) is 0 Å². The smallest absolute Gasteiger partial charge is 0.0623 e. The quantitative estimate of drug-likeness (QED) is 0.922. The summed E-state index contributed by atoms with van der Waals surface area (Å²) in [4.78, 5) is 4.36. The zero-order valence-corrected chi connectivity index (χ0v) is 11.6. The average Bonchev–Trinajstić information content (AvgIpc) is 2.32. The molecule has 0 aliphatic carbocycles. The van der Waals surface area contributed by atoms with Crippen molar-refractivity contribution in [3.63, 3.8) is 0 Å². The Kier molecular flexibility index (Phi) is 3.79. The van der Waals surface area contributed by atoms with Crippen LogP contribution in [-0.2, 0) is 6.54 Å². The molecule has 2 rings (SSSR count). The van der Waals surface area contributed by atoms with Crippen molar-refractivity contribution in [2.45, 2.75) is 20.4 Å². The van der Waals surface area contributed by atoms with Gasteiger partial charge in [-0.3, -0.25) is 4.98 Å². The highest BCUT2D eigenvalue weighted by Gasteiger charge is 2.00. The Morgan fingerprint density at radius 3 is 2.71 bits per heavy atom. The number of hydrogen-bond acceptors (Lipinski definition) is 2. The van der Waals surface area contributed by atoms with E-state index in [1.165, 1.54) is 11.1 Å². The van der Waals surface area contributed by atoms with Crippen molar-refractivity contribution in [1.82, 2.24) is 4.98 Å². The lowest BCUT2D eigenvalue weighted by Crippen LogP contribution is -2.03. The van der Waals surface area contributed by atoms with Crippen LogP contribution in [0.25, 0.3) is 0 Å². The molecule has 1 N–H and O–H groups in total. The lowest BCUT2D eigenvalue weighted by Gasteiger charge is -2.09. The van der Waals surface area contributed by atoms with Crippen LogP contribution in [0.5, 0.6) is 0 Å². The van der Waals surface area contributed by atoms with Crippen LogP contribution in [0, 0.1) is 13.8 Å². The second-order valence-corrected chi connectivity index (χ2v) is 4.94. The van der Waals surface area contributed by atoms with E-state index in [2.05, 4.69) is 64.3 Å². The molecule has 0 bridgehead atoms. The minimum atomic E-state index is 0.752. The Bertz CT molecular complexity index is 523. The van der Waals surface area contributed by atoms with Gasteiger partial charge in [-0.15, -0.1) is 0 Å². The number of nitrogens with one attached hydrogen (secondary N) is 1. The van der Waals surface area contributed by atoms with Crippen molar-refractivity contribution in [2.75, 3.05) is 5.32 Å². The zero-order chi connectivity index (χ0) is 12.3. The normalized spacial score (nSPS) is 10.3. The molecule has 0 radical (unpaired) electrons. The van der Waals surface area contributed by atoms with Gasteiger partial charge >= 0.3 is 0 Å². The van der Waals surface area contributed by atoms with Gasteiger partial charge in [0.2, 0.25) is 0 Å². The molecule has 2 nitrogen and oxygen atoms in total. The Balaban J connectivity index is 2.08. The molecule has 0 saturated heterocycles. The fourth-order valence-electron chi connectivity index (χ4n) is 1.59. The molecule has 0 spiro atoms. The maximum atomic E-state index is 4.36. The third-order valence-electron chi connectivity index (χ3n) is 2.75. The van der Waals surface area contributed by atoms with Crippen LogP contribution < -0.4 is 5.32 Å². The standard InChI is InChI=1S/C14H15BrN2/c1-10-5-6-12(8-13(10)15)17-9-14-11(2)4-3-7-16-14/h3-8,17H,9H2,1-2H3. The Labute approximate surface area is 110 Å². The summed E-state index contributed by atoms with van der Waals surface area (Å²) in [5, 5.41) is 3.38. The molecule has 3 heteroatoms. The van der Waals surface area contributed by atoms with E-state index in [9.17, 15) is 0 Å². The fourth-order valence-corrected chi connectivity index (χ4v) is 1.97. The Morgan fingerprint density at radius 2 is 2.00 bits per heavy atom. The largest absolute Gasteiger partial charge is 0.379 e. The van der Waals surface area contributed by atoms with Crippen LogP contribution in [0.4, 0.5) is 5.69 Å². The Hall–Kier alpha value is -1.35. The number of pyridine rings is 1. The van der Waals surface area contributed by atoms with Gasteiger partial charge in [-0.2, -0.15) is 0 Å². The summed E-state index contributed by atoms with van der Waals surface area (Å²) in [7, 11) is 0. The van der Waals surface area contributed by atoms with Crippen molar-refractivity contribution in [3.05, 3.63) is 57.8 Å². The summed E-state index contributed by atoms with van der Waals surface area (Å²) in [6, 6.07) is 10.3. The van der Waals surface area contributed by atoms with E-state index in [4.69, 9.17) is 0 Å². The fraction of sp³-hybridized carbons (Fsp3) is 0.214. The SMILES string of the molecule is Cc1ccc(NCc2ncccc2C)cc1Br. The van der Waals surface area contributed by atoms with Gasteiger partial charge in [0.25, 0.3) is 0 Å². The minimum Gasteiger partial charge on any atom is -0.379 e. The summed E-state index contributed by atoms with van der Waals surface area (Å²) in [6.07, 6.45) is 1.83. The van der Waals surface area contributed by atoms with Crippen LogP contribution >= 0.6 is 15.9 Å². The number of benzene rings is 1. The highest BCUT2D eigenvalue weighted by atomic mass is 79.9. The first-order valence-corrected chi connectivity index (χ1v) is 6.36. The minimum absolute atomic E-state index is 0.752. The summed E-state index contributed by atoms with van der Waals surface area (Å²) >= 11 is 3.53. The Morgan fingerprint density at radius 1 is 1.18 bits per heavy atom. The molecule has 0 aliphatic rings. The second-order valence-electron chi connectivity index (χ2n) is 4.08. The van der Waals surface area contributed by atoms with Crippen molar-refractivity contribution >= 4 is 21.6 Å². The monoisotopic (exact) mass is 290 g/mol. The number of aryl methyl sites for hydroxylation is 2. The lowest BCUT2D eigenvalue weighted by molar-refractivity contribution is 1.02. The van der Waals surface area contributed by atoms with Crippen molar-refractivity contribution in [3.8, 4) is 0 Å². The van der Waals surface area contributed by atoms with Gasteiger partial charge in [0.05, 0.1) is 12.2 Å². The van der Waals surface area contributed by atoms with E-state index >= 15 is 0 Å². The van der Waals surface area contributed by atoms with Crippen molar-refractivity contribution in [1.29, 1.82) is 0 Å². The van der Waals surface area contributed by atoms with E-state index in [1.807, 2.05) is 12.3 Å². The van der Waals surface area contributed by atoms with Crippen LogP contribution in [-0.4, -0.2) is 4.98 Å². The van der Waals surface area contributed by atoms with Crippen LogP contribution in [0.2, 0.25) is 0 Å². The molecule has 0 unspecified atom stereocenters. The summed E-state index contributed by atoms with van der Waals surface area (Å²) in [5.74, 6) is 0. The van der Waals surface area contributed by atoms with E-state index in [-0.39, 0.29) is 0 Å². The van der Waals surface area contributed by atoms with Crippen molar-refractivity contribution in [2.24, 2.45) is 0 Å². The predicted molar refractivity (Wildman–Crippen MR) is 75.2 cm³/mol. The van der Waals surface area contributed by atoms with Gasteiger partial charge < -0.3 is 5.32 Å². The van der Waals surface area contributed by atoms with Gasteiger partial charge in [0.15, 0.2) is 0 Å². The molecule has 1 aromatic heterocycles. The molecule has 0 saturated carbocycles. The summed E-state index contributed by atoms with van der Waals surface area (Å²) in [5.41, 5.74) is 4.65. The molecule has 0 aliphatic heterocycles. The highest BCUT2D eigenvalue weighted by molar-refractivity contribution is 9.10. The molecule has 17 heavy (non-hydrogen) atoms. The van der Waals surface area contributed by atoms with E-state index in [0.717, 1.165) is 22.4 Å². The molecule has 1 heterocycles. The average molecular weight is 291 g/mol. The van der Waals surface area contributed by atoms with Gasteiger partial charge in [0, 0.05) is 16.4 Å². The molecule has 2 aromatic rings. The second kappa shape index (κ2) is 5.32. The predicted octanol–water partition coefficient (Wildman–Crippen LogP) is 4.07. The maximum Gasteiger partial charge on any atom is 0.0623 e. The van der Waals surface area contributed by atoms with Gasteiger partial charge in [-0.1, -0.05) is 28.1 Å². The number of aromatic nitrogens is 1. The van der Waals surface area contributed by atoms with E-state index in [1.54, 1.807) is 0 Å². The van der Waals surface area contributed by atoms with Gasteiger partial charge in [-0.25, -0.2) is 0 Å². The molecule has 0 fully saturated rings. The lowest BCUT2D eigenvalue weighted by atomic mass is 10.2. The van der Waals surface area contributed by atoms with Crippen LogP contribution in [0.3, 0.4) is 0 Å². The molecule has 0 amide bonds. The maximum absolute atomic E-state index is 4.36. The highest BCUT2D eigenvalue weighted by Crippen LogP contribution is 2.21. The molecule has 1 aromatic carbocycles. The first-order chi connectivity index (χ1) is 8.16. The van der Waals surface area contributed by atoms with Gasteiger partial charge in [-0.05, 0) is 43.2 Å². The third-order valence-corrected chi connectivity index (χ3v) is 3.60. The van der Waals surface area contributed by atoms with Crippen LogP contribution in [0.15, 0.2) is 41.0 Å². The molecule has 88 valence electrons. The first-order valence-electron chi connectivity index (χ1n) is 5.57.